The molecule has 162 valence electrons. The molecule has 0 saturated carbocycles. The second-order valence-corrected chi connectivity index (χ2v) is 8.82. The minimum absolute atomic E-state index is 0.181. The van der Waals surface area contributed by atoms with Crippen LogP contribution in [-0.2, 0) is 15.1 Å². The van der Waals surface area contributed by atoms with Crippen LogP contribution in [0.5, 0.6) is 0 Å². The van der Waals surface area contributed by atoms with Crippen molar-refractivity contribution in [2.45, 2.75) is 39.2 Å². The van der Waals surface area contributed by atoms with Gasteiger partial charge in [-0.3, -0.25) is 14.5 Å². The van der Waals surface area contributed by atoms with Crippen LogP contribution in [0.2, 0.25) is 0 Å². The van der Waals surface area contributed by atoms with Gasteiger partial charge < -0.3 is 10.2 Å². The van der Waals surface area contributed by atoms with E-state index in [4.69, 9.17) is 0 Å². The third kappa shape index (κ3) is 3.71. The number of hydrogen-bond acceptors (Lipinski definition) is 3. The molecular formula is C25H29N3O3. The maximum absolute atomic E-state index is 13.8. The number of piperidine rings is 1. The number of rotatable bonds is 4. The van der Waals surface area contributed by atoms with Gasteiger partial charge in [-0.2, -0.15) is 0 Å². The highest BCUT2D eigenvalue weighted by Crippen LogP contribution is 2.37. The van der Waals surface area contributed by atoms with Crippen LogP contribution in [0.3, 0.4) is 0 Å². The third-order valence-corrected chi connectivity index (χ3v) is 6.56. The first-order valence-electron chi connectivity index (χ1n) is 10.9. The first-order chi connectivity index (χ1) is 14.8. The lowest BCUT2D eigenvalue weighted by molar-refractivity contribution is -0.139. The summed E-state index contributed by atoms with van der Waals surface area (Å²) in [7, 11) is 0. The van der Waals surface area contributed by atoms with Crippen LogP contribution in [0.1, 0.15) is 42.0 Å². The lowest BCUT2D eigenvalue weighted by Crippen LogP contribution is -2.48. The lowest BCUT2D eigenvalue weighted by Gasteiger charge is -2.32. The molecule has 2 atom stereocenters. The van der Waals surface area contributed by atoms with Crippen molar-refractivity contribution in [2.24, 2.45) is 5.92 Å². The quantitative estimate of drug-likeness (QED) is 0.773. The number of hydrogen-bond donors (Lipinski definition) is 1. The van der Waals surface area contributed by atoms with E-state index in [9.17, 15) is 14.4 Å². The van der Waals surface area contributed by atoms with E-state index in [0.29, 0.717) is 30.1 Å². The highest BCUT2D eigenvalue weighted by Gasteiger charge is 2.54. The molecule has 0 unspecified atom stereocenters. The van der Waals surface area contributed by atoms with Gasteiger partial charge in [-0.25, -0.2) is 4.79 Å². The Morgan fingerprint density at radius 2 is 1.81 bits per heavy atom. The highest BCUT2D eigenvalue weighted by molar-refractivity contribution is 6.11. The van der Waals surface area contributed by atoms with E-state index in [1.165, 1.54) is 0 Å². The number of imide groups is 1. The first-order valence-corrected chi connectivity index (χ1v) is 10.9. The zero-order valence-corrected chi connectivity index (χ0v) is 18.4. The van der Waals surface area contributed by atoms with E-state index < -0.39 is 17.5 Å². The van der Waals surface area contributed by atoms with Crippen molar-refractivity contribution in [3.05, 3.63) is 70.8 Å². The average molecular weight is 420 g/mol. The monoisotopic (exact) mass is 419 g/mol. The minimum atomic E-state index is -1.34. The maximum Gasteiger partial charge on any atom is 0.326 e. The van der Waals surface area contributed by atoms with Gasteiger partial charge in [-0.15, -0.1) is 0 Å². The molecule has 4 amide bonds. The molecule has 6 heteroatoms. The molecule has 2 aromatic rings. The summed E-state index contributed by atoms with van der Waals surface area (Å²) in [5.74, 6) is -0.163. The van der Waals surface area contributed by atoms with Gasteiger partial charge in [0, 0.05) is 13.1 Å². The molecule has 1 N–H and O–H groups in total. The molecule has 0 aromatic heterocycles. The molecule has 2 aromatic carbocycles. The molecule has 0 spiro atoms. The third-order valence-electron chi connectivity index (χ3n) is 6.56. The fourth-order valence-corrected chi connectivity index (χ4v) is 4.59. The Morgan fingerprint density at radius 3 is 2.48 bits per heavy atom. The SMILES string of the molecule is Cc1ccc([C@]2(c3ccccc3)NC(=O)N(CC(=O)N3CCC[C@@H](C)C3)C2=O)cc1C. The first kappa shape index (κ1) is 21.1. The van der Waals surface area contributed by atoms with E-state index in [1.54, 1.807) is 4.90 Å². The summed E-state index contributed by atoms with van der Waals surface area (Å²) in [5, 5.41) is 2.93. The number of nitrogens with zero attached hydrogens (tertiary/aromatic N) is 2. The van der Waals surface area contributed by atoms with Gasteiger partial charge in [-0.05, 0) is 54.9 Å². The molecule has 2 aliphatic rings. The molecule has 2 saturated heterocycles. The molecule has 2 heterocycles. The summed E-state index contributed by atoms with van der Waals surface area (Å²) in [6.45, 7) is 7.22. The Labute approximate surface area is 183 Å². The number of aryl methyl sites for hydroxylation is 2. The van der Waals surface area contributed by atoms with Gasteiger partial charge in [0.05, 0.1) is 0 Å². The number of amides is 4. The summed E-state index contributed by atoms with van der Waals surface area (Å²) in [5.41, 5.74) is 2.17. The predicted octanol–water partition coefficient (Wildman–Crippen LogP) is 3.36. The van der Waals surface area contributed by atoms with Crippen LogP contribution in [-0.4, -0.2) is 47.3 Å². The lowest BCUT2D eigenvalue weighted by atomic mass is 9.81. The van der Waals surface area contributed by atoms with Crippen LogP contribution in [0.15, 0.2) is 48.5 Å². The molecule has 0 aliphatic carbocycles. The summed E-state index contributed by atoms with van der Waals surface area (Å²) in [4.78, 5) is 42.6. The van der Waals surface area contributed by atoms with Crippen molar-refractivity contribution in [2.75, 3.05) is 19.6 Å². The van der Waals surface area contributed by atoms with Crippen molar-refractivity contribution in [3.63, 3.8) is 0 Å². The van der Waals surface area contributed by atoms with Crippen molar-refractivity contribution in [1.82, 2.24) is 15.1 Å². The number of carbonyl (C=O) groups excluding carboxylic acids is 3. The van der Waals surface area contributed by atoms with Gasteiger partial charge in [0.15, 0.2) is 5.54 Å². The Kier molecular flexibility index (Phi) is 5.56. The minimum Gasteiger partial charge on any atom is -0.341 e. The molecule has 4 rings (SSSR count). The number of urea groups is 1. The number of benzene rings is 2. The molecule has 2 aliphatic heterocycles. The molecule has 6 nitrogen and oxygen atoms in total. The molecular weight excluding hydrogens is 390 g/mol. The Bertz CT molecular complexity index is 1020. The standard InChI is InChI=1S/C25H29N3O3/c1-17-8-7-13-27(15-17)22(29)16-28-23(30)25(26-24(28)31,20-9-5-4-6-10-20)21-12-11-18(2)19(3)14-21/h4-6,9-12,14,17H,7-8,13,15-16H2,1-3H3,(H,26,31)/t17-,25+/m1/s1. The van der Waals surface area contributed by atoms with Crippen LogP contribution in [0, 0.1) is 19.8 Å². The molecule has 2 fully saturated rings. The summed E-state index contributed by atoms with van der Waals surface area (Å²) < 4.78 is 0. The zero-order chi connectivity index (χ0) is 22.2. The fourth-order valence-electron chi connectivity index (χ4n) is 4.59. The number of likely N-dealkylation sites (tertiary alicyclic amines) is 1. The van der Waals surface area contributed by atoms with Gasteiger partial charge in [0.1, 0.15) is 6.54 Å². The molecule has 0 bridgehead atoms. The van der Waals surface area contributed by atoms with E-state index >= 15 is 0 Å². The highest BCUT2D eigenvalue weighted by atomic mass is 16.2. The van der Waals surface area contributed by atoms with Gasteiger partial charge in [-0.1, -0.05) is 55.5 Å². The Morgan fingerprint density at radius 1 is 1.06 bits per heavy atom. The second kappa shape index (κ2) is 8.17. The van der Waals surface area contributed by atoms with E-state index in [0.717, 1.165) is 28.9 Å². The summed E-state index contributed by atoms with van der Waals surface area (Å²) in [6, 6.07) is 14.5. The molecule has 31 heavy (non-hydrogen) atoms. The van der Waals surface area contributed by atoms with Gasteiger partial charge in [0.25, 0.3) is 5.91 Å². The van der Waals surface area contributed by atoms with Crippen molar-refractivity contribution < 1.29 is 14.4 Å². The summed E-state index contributed by atoms with van der Waals surface area (Å²) >= 11 is 0. The Balaban J connectivity index is 1.70. The van der Waals surface area contributed by atoms with Gasteiger partial charge in [0.2, 0.25) is 5.91 Å². The maximum atomic E-state index is 13.8. The van der Waals surface area contributed by atoms with E-state index in [2.05, 4.69) is 12.2 Å². The van der Waals surface area contributed by atoms with Crippen molar-refractivity contribution in [1.29, 1.82) is 0 Å². The fraction of sp³-hybridized carbons (Fsp3) is 0.400. The van der Waals surface area contributed by atoms with Crippen molar-refractivity contribution >= 4 is 17.8 Å². The Hall–Kier alpha value is -3.15. The van der Waals surface area contributed by atoms with E-state index in [-0.39, 0.29) is 12.5 Å². The topological polar surface area (TPSA) is 69.7 Å². The average Bonchev–Trinajstić information content (AvgIpc) is 3.02. The van der Waals surface area contributed by atoms with Gasteiger partial charge >= 0.3 is 6.03 Å². The molecule has 0 radical (unpaired) electrons. The van der Waals surface area contributed by atoms with Crippen molar-refractivity contribution in [3.8, 4) is 0 Å². The smallest absolute Gasteiger partial charge is 0.326 e. The zero-order valence-electron chi connectivity index (χ0n) is 18.4. The van der Waals surface area contributed by atoms with Crippen LogP contribution in [0.4, 0.5) is 4.79 Å². The number of carbonyl (C=O) groups is 3. The number of nitrogens with one attached hydrogen (secondary N) is 1. The second-order valence-electron chi connectivity index (χ2n) is 8.82. The van der Waals surface area contributed by atoms with E-state index in [1.807, 2.05) is 62.4 Å². The largest absolute Gasteiger partial charge is 0.341 e. The summed E-state index contributed by atoms with van der Waals surface area (Å²) in [6.07, 6.45) is 2.04. The van der Waals surface area contributed by atoms with Crippen LogP contribution < -0.4 is 5.32 Å². The normalized spacial score (nSPS) is 23.8. The van der Waals surface area contributed by atoms with Crippen LogP contribution in [0.25, 0.3) is 0 Å². The van der Waals surface area contributed by atoms with Crippen LogP contribution >= 0.6 is 0 Å². The predicted molar refractivity (Wildman–Crippen MR) is 118 cm³/mol.